The second kappa shape index (κ2) is 6.40. The molecule has 2 rings (SSSR count). The fourth-order valence-electron chi connectivity index (χ4n) is 2.38. The lowest BCUT2D eigenvalue weighted by molar-refractivity contribution is 0.596. The van der Waals surface area contributed by atoms with Crippen LogP contribution in [0.5, 0.6) is 0 Å². The number of aryl methyl sites for hydroxylation is 1. The highest BCUT2D eigenvalue weighted by atomic mass is 15.0. The third-order valence-corrected chi connectivity index (χ3v) is 3.61. The minimum atomic E-state index is 0.378. The molecule has 3 nitrogen and oxygen atoms in total. The number of hydrogen-bond acceptors (Lipinski definition) is 2. The smallest absolute Gasteiger partial charge is 0.0991 e. The van der Waals surface area contributed by atoms with Crippen molar-refractivity contribution in [2.75, 3.05) is 6.54 Å². The van der Waals surface area contributed by atoms with Gasteiger partial charge in [-0.2, -0.15) is 5.26 Å². The molecule has 0 spiro atoms. The molecule has 1 aromatic carbocycles. The summed E-state index contributed by atoms with van der Waals surface area (Å²) in [5, 5.41) is 12.3. The monoisotopic (exact) mass is 267 g/mol. The molecule has 1 atom stereocenters. The Morgan fingerprint density at radius 2 is 2.15 bits per heavy atom. The first-order chi connectivity index (χ1) is 9.63. The van der Waals surface area contributed by atoms with Gasteiger partial charge >= 0.3 is 0 Å². The van der Waals surface area contributed by atoms with Crippen molar-refractivity contribution in [2.24, 2.45) is 0 Å². The molecule has 20 heavy (non-hydrogen) atoms. The molecule has 0 radical (unpaired) electrons. The summed E-state index contributed by atoms with van der Waals surface area (Å²) in [6, 6.07) is 10.6. The van der Waals surface area contributed by atoms with Crippen molar-refractivity contribution in [2.45, 2.75) is 33.4 Å². The van der Waals surface area contributed by atoms with Gasteiger partial charge in [0.25, 0.3) is 0 Å². The van der Waals surface area contributed by atoms with Crippen LogP contribution >= 0.6 is 0 Å². The Bertz CT molecular complexity index is 619. The molecule has 1 unspecified atom stereocenters. The second-order valence-electron chi connectivity index (χ2n) is 5.15. The predicted molar refractivity (Wildman–Crippen MR) is 81.5 cm³/mol. The Kier molecular flexibility index (Phi) is 4.60. The SMILES string of the molecule is CCNC(C)c1ccn(Cc2ccc(C#N)cc2C)c1. The first kappa shape index (κ1) is 14.4. The van der Waals surface area contributed by atoms with Gasteiger partial charge in [-0.05, 0) is 55.3 Å². The maximum absolute atomic E-state index is 8.90. The summed E-state index contributed by atoms with van der Waals surface area (Å²) in [6.07, 6.45) is 4.30. The van der Waals surface area contributed by atoms with E-state index >= 15 is 0 Å². The minimum absolute atomic E-state index is 0.378. The topological polar surface area (TPSA) is 40.8 Å². The van der Waals surface area contributed by atoms with E-state index in [1.54, 1.807) is 0 Å². The van der Waals surface area contributed by atoms with E-state index in [0.29, 0.717) is 6.04 Å². The fourth-order valence-corrected chi connectivity index (χ4v) is 2.38. The third-order valence-electron chi connectivity index (χ3n) is 3.61. The molecule has 0 saturated carbocycles. The Balaban J connectivity index is 2.13. The lowest BCUT2D eigenvalue weighted by atomic mass is 10.1. The summed E-state index contributed by atoms with van der Waals surface area (Å²) in [5.41, 5.74) is 4.44. The number of hydrogen-bond donors (Lipinski definition) is 1. The molecule has 0 aliphatic carbocycles. The third kappa shape index (κ3) is 3.28. The first-order valence-corrected chi connectivity index (χ1v) is 7.02. The highest BCUT2D eigenvalue weighted by Crippen LogP contribution is 2.16. The van der Waals surface area contributed by atoms with Gasteiger partial charge in [-0.25, -0.2) is 0 Å². The van der Waals surface area contributed by atoms with E-state index < -0.39 is 0 Å². The summed E-state index contributed by atoms with van der Waals surface area (Å²) in [7, 11) is 0. The van der Waals surface area contributed by atoms with Gasteiger partial charge in [0.15, 0.2) is 0 Å². The molecule has 1 aromatic heterocycles. The zero-order valence-electron chi connectivity index (χ0n) is 12.4. The lowest BCUT2D eigenvalue weighted by Gasteiger charge is -2.10. The lowest BCUT2D eigenvalue weighted by Crippen LogP contribution is -2.17. The fraction of sp³-hybridized carbons (Fsp3) is 0.353. The van der Waals surface area contributed by atoms with Crippen molar-refractivity contribution in [1.29, 1.82) is 5.26 Å². The molecule has 1 heterocycles. The van der Waals surface area contributed by atoms with Crippen LogP contribution in [0.15, 0.2) is 36.7 Å². The van der Waals surface area contributed by atoms with E-state index in [2.05, 4.69) is 55.2 Å². The van der Waals surface area contributed by atoms with Crippen LogP contribution in [0.25, 0.3) is 0 Å². The maximum atomic E-state index is 8.90. The van der Waals surface area contributed by atoms with Crippen molar-refractivity contribution >= 4 is 0 Å². The Labute approximate surface area is 120 Å². The number of nitrogens with one attached hydrogen (secondary N) is 1. The van der Waals surface area contributed by atoms with E-state index in [1.807, 2.05) is 18.2 Å². The summed E-state index contributed by atoms with van der Waals surface area (Å²) >= 11 is 0. The van der Waals surface area contributed by atoms with Crippen molar-refractivity contribution in [3.8, 4) is 6.07 Å². The van der Waals surface area contributed by atoms with Gasteiger partial charge in [-0.3, -0.25) is 0 Å². The summed E-state index contributed by atoms with van der Waals surface area (Å²) in [4.78, 5) is 0. The molecular weight excluding hydrogens is 246 g/mol. The number of rotatable bonds is 5. The van der Waals surface area contributed by atoms with Crippen molar-refractivity contribution < 1.29 is 0 Å². The molecule has 1 N–H and O–H groups in total. The molecule has 0 saturated heterocycles. The van der Waals surface area contributed by atoms with E-state index in [0.717, 1.165) is 18.7 Å². The van der Waals surface area contributed by atoms with Crippen LogP contribution in [-0.2, 0) is 6.54 Å². The Hall–Kier alpha value is -2.05. The van der Waals surface area contributed by atoms with Gasteiger partial charge in [0.1, 0.15) is 0 Å². The van der Waals surface area contributed by atoms with Crippen LogP contribution in [0.2, 0.25) is 0 Å². The van der Waals surface area contributed by atoms with Crippen molar-refractivity contribution in [3.05, 3.63) is 58.9 Å². The van der Waals surface area contributed by atoms with Gasteiger partial charge in [0.2, 0.25) is 0 Å². The Morgan fingerprint density at radius 3 is 2.80 bits per heavy atom. The first-order valence-electron chi connectivity index (χ1n) is 7.02. The summed E-state index contributed by atoms with van der Waals surface area (Å²) in [5.74, 6) is 0. The van der Waals surface area contributed by atoms with Gasteiger partial charge in [0.05, 0.1) is 11.6 Å². The average molecular weight is 267 g/mol. The molecule has 3 heteroatoms. The zero-order valence-corrected chi connectivity index (χ0v) is 12.4. The van der Waals surface area contributed by atoms with Crippen molar-refractivity contribution in [1.82, 2.24) is 9.88 Å². The summed E-state index contributed by atoms with van der Waals surface area (Å²) < 4.78 is 2.19. The number of aromatic nitrogens is 1. The summed E-state index contributed by atoms with van der Waals surface area (Å²) in [6.45, 7) is 8.17. The molecule has 0 aliphatic rings. The van der Waals surface area contributed by atoms with E-state index in [1.165, 1.54) is 16.7 Å². The molecule has 0 aliphatic heterocycles. The average Bonchev–Trinajstić information content (AvgIpc) is 2.90. The number of nitrogens with zero attached hydrogens (tertiary/aromatic N) is 2. The second-order valence-corrected chi connectivity index (χ2v) is 5.15. The van der Waals surface area contributed by atoms with Crippen LogP contribution in [0.1, 0.15) is 42.1 Å². The van der Waals surface area contributed by atoms with E-state index in [9.17, 15) is 0 Å². The minimum Gasteiger partial charge on any atom is -0.350 e. The molecule has 2 aromatic rings. The molecule has 0 amide bonds. The van der Waals surface area contributed by atoms with Crippen molar-refractivity contribution in [3.63, 3.8) is 0 Å². The van der Waals surface area contributed by atoms with Crippen LogP contribution in [0, 0.1) is 18.3 Å². The van der Waals surface area contributed by atoms with E-state index in [-0.39, 0.29) is 0 Å². The number of nitriles is 1. The molecule has 104 valence electrons. The predicted octanol–water partition coefficient (Wildman–Crippen LogP) is 3.39. The van der Waals surface area contributed by atoms with Crippen LogP contribution in [-0.4, -0.2) is 11.1 Å². The quantitative estimate of drug-likeness (QED) is 0.902. The van der Waals surface area contributed by atoms with Gasteiger partial charge < -0.3 is 9.88 Å². The molecule has 0 bridgehead atoms. The maximum Gasteiger partial charge on any atom is 0.0991 e. The Morgan fingerprint density at radius 1 is 1.35 bits per heavy atom. The highest BCUT2D eigenvalue weighted by Gasteiger charge is 2.06. The van der Waals surface area contributed by atoms with Crippen LogP contribution in [0.3, 0.4) is 0 Å². The number of benzene rings is 1. The normalized spacial score (nSPS) is 12.1. The van der Waals surface area contributed by atoms with Crippen LogP contribution in [0.4, 0.5) is 0 Å². The van der Waals surface area contributed by atoms with E-state index in [4.69, 9.17) is 5.26 Å². The molecular formula is C17H21N3. The standard InChI is InChI=1S/C17H21N3/c1-4-19-14(3)17-7-8-20(12-17)11-16-6-5-15(10-18)9-13(16)2/h5-9,12,14,19H,4,11H2,1-3H3. The van der Waals surface area contributed by atoms with Crippen LogP contribution < -0.4 is 5.32 Å². The zero-order chi connectivity index (χ0) is 14.5. The van der Waals surface area contributed by atoms with Gasteiger partial charge in [-0.1, -0.05) is 13.0 Å². The molecule has 0 fully saturated rings. The van der Waals surface area contributed by atoms with Gasteiger partial charge in [-0.15, -0.1) is 0 Å². The highest BCUT2D eigenvalue weighted by molar-refractivity contribution is 5.37. The largest absolute Gasteiger partial charge is 0.350 e. The van der Waals surface area contributed by atoms with Gasteiger partial charge in [0, 0.05) is 25.0 Å².